The number of rotatable bonds is 4. The van der Waals surface area contributed by atoms with Gasteiger partial charge in [-0.1, -0.05) is 35.4 Å². The predicted molar refractivity (Wildman–Crippen MR) is 178 cm³/mol. The summed E-state index contributed by atoms with van der Waals surface area (Å²) in [6.07, 6.45) is 3.30. The maximum absolute atomic E-state index is 3.30. The van der Waals surface area contributed by atoms with E-state index in [1.165, 1.54) is 71.9 Å². The zero-order chi connectivity index (χ0) is 30.2. The van der Waals surface area contributed by atoms with E-state index in [1.54, 1.807) is 0 Å². The molecule has 0 saturated carbocycles. The van der Waals surface area contributed by atoms with E-state index in [9.17, 15) is 0 Å². The van der Waals surface area contributed by atoms with Gasteiger partial charge in [-0.3, -0.25) is 0 Å². The van der Waals surface area contributed by atoms with E-state index in [4.69, 9.17) is 0 Å². The first-order valence-corrected chi connectivity index (χ1v) is 16.2. The Bertz CT molecular complexity index is 1430. The van der Waals surface area contributed by atoms with Crippen LogP contribution < -0.4 is 24.8 Å². The third-order valence-electron chi connectivity index (χ3n) is 7.13. The second-order valence-corrected chi connectivity index (χ2v) is 14.8. The number of benzene rings is 4. The Morgan fingerprint density at radius 1 is 0.636 bits per heavy atom. The van der Waals surface area contributed by atoms with E-state index in [-0.39, 0.29) is 24.8 Å². The summed E-state index contributed by atoms with van der Waals surface area (Å²) in [5.41, 5.74) is 11.8. The monoisotopic (exact) mass is 696 g/mol. The van der Waals surface area contributed by atoms with Crippen molar-refractivity contribution in [2.75, 3.05) is 0 Å². The first kappa shape index (κ1) is 37.7. The standard InChI is InChI=1S/C23H30.C13H9.C5H5.2ClH.Zr/c1-22(2,3)16-20-11-7-18(8-12-20)15-19-9-13-21(14-10-19)17-23(4,5)6;1-3-7-12-10(5-1)9-11-6-2-4-8-13(11)12;1-2-4-5-3-1;;;/h7-14H,16-17H2,1-6H3;1-5,7-8H,9H2;1-5H;2*1H;/q;2*-1;;;+2/p-2. The van der Waals surface area contributed by atoms with Crippen LogP contribution in [0.2, 0.25) is 0 Å². The van der Waals surface area contributed by atoms with Crippen molar-refractivity contribution >= 4 is 3.21 Å². The minimum absolute atomic E-state index is 0. The van der Waals surface area contributed by atoms with Crippen LogP contribution in [0.25, 0.3) is 11.1 Å². The normalized spacial score (nSPS) is 11.3. The maximum Gasteiger partial charge on any atom is -0.0253 e. The average Bonchev–Trinajstić information content (AvgIpc) is 3.64. The molecule has 6 rings (SSSR count). The molecular formula is C41H44Cl2Zr-2. The van der Waals surface area contributed by atoms with Gasteiger partial charge < -0.3 is 24.8 Å². The molecule has 228 valence electrons. The Morgan fingerprint density at radius 2 is 1.11 bits per heavy atom. The van der Waals surface area contributed by atoms with Gasteiger partial charge >= 0.3 is 163 Å². The molecule has 3 heteroatoms. The maximum atomic E-state index is 3.30. The van der Waals surface area contributed by atoms with E-state index in [0.717, 1.165) is 19.3 Å². The summed E-state index contributed by atoms with van der Waals surface area (Å²) >= 11 is 1.47. The van der Waals surface area contributed by atoms with E-state index < -0.39 is 0 Å². The summed E-state index contributed by atoms with van der Waals surface area (Å²) in [7, 11) is 0. The SMILES string of the molecule is CC(C)(C)Cc1ccc([C](=[Zr+2])c2ccc(CC(C)(C)C)cc2)cc1.[Cl-].[Cl-].[c-]1cccc2c1Cc1ccccc1-2.c1cc[cH-]c1. The smallest absolute Gasteiger partial charge is 0.0253 e. The van der Waals surface area contributed by atoms with Crippen LogP contribution in [0.15, 0.2) is 121 Å². The minimum atomic E-state index is 0. The summed E-state index contributed by atoms with van der Waals surface area (Å²) in [6, 6.07) is 46.4. The van der Waals surface area contributed by atoms with Gasteiger partial charge in [0, 0.05) is 0 Å². The molecule has 0 bridgehead atoms. The van der Waals surface area contributed by atoms with E-state index >= 15 is 0 Å². The molecule has 0 nitrogen and oxygen atoms in total. The largest absolute Gasteiger partial charge is 1.00 e. The van der Waals surface area contributed by atoms with Gasteiger partial charge in [0.15, 0.2) is 0 Å². The molecule has 5 aromatic carbocycles. The van der Waals surface area contributed by atoms with Crippen LogP contribution in [-0.4, -0.2) is 3.21 Å². The third kappa shape index (κ3) is 11.8. The molecule has 1 aliphatic carbocycles. The molecular weight excluding hydrogens is 655 g/mol. The number of fused-ring (bicyclic) bond motifs is 3. The van der Waals surface area contributed by atoms with Gasteiger partial charge in [-0.2, -0.15) is 48.0 Å². The average molecular weight is 699 g/mol. The van der Waals surface area contributed by atoms with Gasteiger partial charge in [0.2, 0.25) is 0 Å². The van der Waals surface area contributed by atoms with Crippen molar-refractivity contribution in [2.24, 2.45) is 10.8 Å². The molecule has 44 heavy (non-hydrogen) atoms. The van der Waals surface area contributed by atoms with Crippen molar-refractivity contribution < 1.29 is 49.0 Å². The second-order valence-electron chi connectivity index (χ2n) is 13.6. The quantitative estimate of drug-likeness (QED) is 0.239. The van der Waals surface area contributed by atoms with Gasteiger partial charge in [-0.15, -0.1) is 5.56 Å². The first-order chi connectivity index (χ1) is 20.0. The molecule has 0 spiro atoms. The van der Waals surface area contributed by atoms with Crippen LogP contribution in [0.1, 0.15) is 74.9 Å². The summed E-state index contributed by atoms with van der Waals surface area (Å²) in [6.45, 7) is 13.8. The number of hydrogen-bond acceptors (Lipinski definition) is 0. The van der Waals surface area contributed by atoms with Crippen LogP contribution in [0.3, 0.4) is 0 Å². The summed E-state index contributed by atoms with van der Waals surface area (Å²) < 4.78 is 1.44. The fourth-order valence-corrected chi connectivity index (χ4v) is 6.11. The Labute approximate surface area is 293 Å². The third-order valence-corrected chi connectivity index (χ3v) is 8.55. The molecule has 1 aliphatic rings. The molecule has 0 aromatic heterocycles. The fraction of sp³-hybridized carbons (Fsp3) is 0.268. The van der Waals surface area contributed by atoms with Gasteiger partial charge in [0.1, 0.15) is 0 Å². The molecule has 0 radical (unpaired) electrons. The van der Waals surface area contributed by atoms with Crippen LogP contribution in [0.5, 0.6) is 0 Å². The van der Waals surface area contributed by atoms with Gasteiger partial charge in [-0.05, 0) is 6.42 Å². The minimum Gasteiger partial charge on any atom is -1.00 e. The zero-order valence-electron chi connectivity index (χ0n) is 26.9. The molecule has 0 saturated heterocycles. The molecule has 0 atom stereocenters. The Balaban J connectivity index is 0.000000279. The summed E-state index contributed by atoms with van der Waals surface area (Å²) in [5, 5.41) is 0. The van der Waals surface area contributed by atoms with E-state index in [1.807, 2.05) is 36.4 Å². The second kappa shape index (κ2) is 17.3. The van der Waals surface area contributed by atoms with Crippen molar-refractivity contribution in [2.45, 2.75) is 60.8 Å². The topological polar surface area (TPSA) is 0 Å². The van der Waals surface area contributed by atoms with Crippen molar-refractivity contribution in [3.63, 3.8) is 0 Å². The van der Waals surface area contributed by atoms with Crippen molar-refractivity contribution in [1.29, 1.82) is 0 Å². The van der Waals surface area contributed by atoms with E-state index in [0.29, 0.717) is 10.8 Å². The number of halogens is 2. The molecule has 0 amide bonds. The molecule has 5 aromatic rings. The van der Waals surface area contributed by atoms with Crippen molar-refractivity contribution in [1.82, 2.24) is 0 Å². The van der Waals surface area contributed by atoms with Crippen LogP contribution >= 0.6 is 0 Å². The Hall–Kier alpha value is -2.44. The summed E-state index contributed by atoms with van der Waals surface area (Å²) in [5.74, 6) is 0. The Morgan fingerprint density at radius 3 is 1.57 bits per heavy atom. The fourth-order valence-electron chi connectivity index (χ4n) is 5.29. The zero-order valence-corrected chi connectivity index (χ0v) is 30.9. The van der Waals surface area contributed by atoms with E-state index in [2.05, 4.69) is 133 Å². The molecule has 0 N–H and O–H groups in total. The van der Waals surface area contributed by atoms with Gasteiger partial charge in [0.25, 0.3) is 0 Å². The summed E-state index contributed by atoms with van der Waals surface area (Å²) in [4.78, 5) is 0. The molecule has 0 fully saturated rings. The predicted octanol–water partition coefficient (Wildman–Crippen LogP) is 4.45. The first-order valence-electron chi connectivity index (χ1n) is 15.0. The Kier molecular flexibility index (Phi) is 14.9. The number of hydrogen-bond donors (Lipinski definition) is 0. The van der Waals surface area contributed by atoms with Crippen LogP contribution in [-0.2, 0) is 43.5 Å². The van der Waals surface area contributed by atoms with Crippen molar-refractivity contribution in [3.8, 4) is 11.1 Å². The van der Waals surface area contributed by atoms with Crippen LogP contribution in [0, 0.1) is 16.9 Å². The van der Waals surface area contributed by atoms with Gasteiger partial charge in [-0.25, -0.2) is 12.1 Å². The van der Waals surface area contributed by atoms with Crippen LogP contribution in [0.4, 0.5) is 0 Å². The molecule has 0 aliphatic heterocycles. The molecule has 0 heterocycles. The van der Waals surface area contributed by atoms with Gasteiger partial charge in [0.05, 0.1) is 0 Å². The van der Waals surface area contributed by atoms with Crippen molar-refractivity contribution in [3.05, 3.63) is 161 Å². The molecule has 0 unspecified atom stereocenters.